The molecule has 1 aromatic heterocycles. The van der Waals surface area contributed by atoms with Crippen molar-refractivity contribution in [2.24, 2.45) is 0 Å². The molecular formula is C21H23N5O3. The van der Waals surface area contributed by atoms with Crippen molar-refractivity contribution in [3.8, 4) is 0 Å². The molecule has 1 aromatic carbocycles. The summed E-state index contributed by atoms with van der Waals surface area (Å²) in [6, 6.07) is 8.78. The maximum absolute atomic E-state index is 12.5. The second-order valence-corrected chi connectivity index (χ2v) is 7.30. The average molecular weight is 393 g/mol. The number of carbonyl (C=O) groups excluding carboxylic acids is 3. The highest BCUT2D eigenvalue weighted by molar-refractivity contribution is 6.21. The van der Waals surface area contributed by atoms with Gasteiger partial charge in [-0.15, -0.1) is 0 Å². The first-order valence-corrected chi connectivity index (χ1v) is 9.81. The fraction of sp³-hybridized carbons (Fsp3) is 0.381. The van der Waals surface area contributed by atoms with Crippen LogP contribution >= 0.6 is 0 Å². The highest BCUT2D eigenvalue weighted by Gasteiger charge is 2.34. The first kappa shape index (κ1) is 19.0. The zero-order valence-electron chi connectivity index (χ0n) is 16.4. The van der Waals surface area contributed by atoms with E-state index < -0.39 is 0 Å². The van der Waals surface area contributed by atoms with Gasteiger partial charge in [-0.05, 0) is 25.5 Å². The minimum absolute atomic E-state index is 0.0557. The summed E-state index contributed by atoms with van der Waals surface area (Å²) < 4.78 is 0. The average Bonchev–Trinajstić information content (AvgIpc) is 2.99. The second-order valence-electron chi connectivity index (χ2n) is 7.30. The lowest BCUT2D eigenvalue weighted by Crippen LogP contribution is -2.49. The minimum atomic E-state index is -0.271. The number of nitrogens with zero attached hydrogens (tertiary/aromatic N) is 5. The molecule has 0 bridgehead atoms. The molecule has 2 aromatic rings. The molecule has 0 unspecified atom stereocenters. The van der Waals surface area contributed by atoms with Gasteiger partial charge in [-0.2, -0.15) is 0 Å². The summed E-state index contributed by atoms with van der Waals surface area (Å²) in [4.78, 5) is 50.9. The van der Waals surface area contributed by atoms with Gasteiger partial charge < -0.3 is 9.80 Å². The molecule has 1 fully saturated rings. The van der Waals surface area contributed by atoms with E-state index in [2.05, 4.69) is 14.9 Å². The van der Waals surface area contributed by atoms with E-state index in [-0.39, 0.29) is 24.3 Å². The maximum atomic E-state index is 12.5. The van der Waals surface area contributed by atoms with E-state index >= 15 is 0 Å². The lowest BCUT2D eigenvalue weighted by atomic mass is 10.1. The van der Waals surface area contributed by atoms with Crippen LogP contribution in [0.5, 0.6) is 0 Å². The number of anilines is 1. The van der Waals surface area contributed by atoms with E-state index in [0.29, 0.717) is 37.1 Å². The van der Waals surface area contributed by atoms with Crippen LogP contribution in [0.4, 0.5) is 5.82 Å². The maximum Gasteiger partial charge on any atom is 0.261 e. The number of fused-ring (bicyclic) bond motifs is 1. The minimum Gasteiger partial charge on any atom is -0.353 e. The second kappa shape index (κ2) is 7.98. The Bertz CT molecular complexity index is 918. The van der Waals surface area contributed by atoms with Crippen molar-refractivity contribution in [2.75, 3.05) is 37.6 Å². The predicted molar refractivity (Wildman–Crippen MR) is 107 cm³/mol. The normalized spacial score (nSPS) is 16.4. The Balaban J connectivity index is 1.25. The fourth-order valence-electron chi connectivity index (χ4n) is 3.79. The Labute approximate surface area is 169 Å². The van der Waals surface area contributed by atoms with E-state index in [0.717, 1.165) is 24.6 Å². The van der Waals surface area contributed by atoms with Crippen molar-refractivity contribution < 1.29 is 14.4 Å². The topological polar surface area (TPSA) is 86.7 Å². The third kappa shape index (κ3) is 3.83. The van der Waals surface area contributed by atoms with E-state index in [1.54, 1.807) is 30.6 Å². The number of imide groups is 1. The standard InChI is InChI=1S/C21H23N5O3/c1-15-13-18(23-14-22-15)24-9-11-25(12-10-24)19(27)7-4-8-26-20(28)16-5-2-3-6-17(16)21(26)29/h2-3,5-6,13-14H,4,7-12H2,1H3. The van der Waals surface area contributed by atoms with Crippen LogP contribution in [-0.4, -0.2) is 70.2 Å². The molecule has 29 heavy (non-hydrogen) atoms. The number of benzene rings is 1. The van der Waals surface area contributed by atoms with Crippen LogP contribution in [0, 0.1) is 6.92 Å². The number of aryl methyl sites for hydroxylation is 1. The van der Waals surface area contributed by atoms with Crippen LogP contribution in [0.3, 0.4) is 0 Å². The molecule has 1 saturated heterocycles. The third-order valence-corrected chi connectivity index (χ3v) is 5.40. The van der Waals surface area contributed by atoms with Crippen molar-refractivity contribution in [3.05, 3.63) is 53.5 Å². The van der Waals surface area contributed by atoms with Crippen molar-refractivity contribution in [3.63, 3.8) is 0 Å². The van der Waals surface area contributed by atoms with Gasteiger partial charge in [0.05, 0.1) is 11.1 Å². The van der Waals surface area contributed by atoms with E-state index in [1.807, 2.05) is 17.9 Å². The lowest BCUT2D eigenvalue weighted by Gasteiger charge is -2.35. The molecule has 0 aliphatic carbocycles. The summed E-state index contributed by atoms with van der Waals surface area (Å²) in [5.74, 6) is 0.397. The Morgan fingerprint density at radius 1 is 1.00 bits per heavy atom. The van der Waals surface area contributed by atoms with Gasteiger partial charge in [0, 0.05) is 50.9 Å². The first-order chi connectivity index (χ1) is 14.0. The summed E-state index contributed by atoms with van der Waals surface area (Å²) in [5, 5.41) is 0. The van der Waals surface area contributed by atoms with Crippen LogP contribution in [-0.2, 0) is 4.79 Å². The molecule has 0 atom stereocenters. The summed E-state index contributed by atoms with van der Waals surface area (Å²) in [5.41, 5.74) is 1.81. The van der Waals surface area contributed by atoms with Crippen LogP contribution in [0.2, 0.25) is 0 Å². The highest BCUT2D eigenvalue weighted by atomic mass is 16.2. The quantitative estimate of drug-likeness (QED) is 0.716. The van der Waals surface area contributed by atoms with Gasteiger partial charge in [0.2, 0.25) is 5.91 Å². The Hall–Kier alpha value is -3.29. The lowest BCUT2D eigenvalue weighted by molar-refractivity contribution is -0.131. The van der Waals surface area contributed by atoms with Gasteiger partial charge in [-0.3, -0.25) is 19.3 Å². The molecule has 8 nitrogen and oxygen atoms in total. The van der Waals surface area contributed by atoms with Gasteiger partial charge in [0.25, 0.3) is 11.8 Å². The van der Waals surface area contributed by atoms with Crippen molar-refractivity contribution in [1.82, 2.24) is 19.8 Å². The Kier molecular flexibility index (Phi) is 5.24. The molecule has 0 saturated carbocycles. The van der Waals surface area contributed by atoms with Crippen molar-refractivity contribution in [1.29, 1.82) is 0 Å². The summed E-state index contributed by atoms with van der Waals surface area (Å²) in [7, 11) is 0. The molecule has 0 spiro atoms. The smallest absolute Gasteiger partial charge is 0.261 e. The van der Waals surface area contributed by atoms with Crippen molar-refractivity contribution >= 4 is 23.5 Å². The predicted octanol–water partition coefficient (Wildman–Crippen LogP) is 1.51. The zero-order valence-corrected chi connectivity index (χ0v) is 16.4. The van der Waals surface area contributed by atoms with Gasteiger partial charge in [0.1, 0.15) is 12.1 Å². The fourth-order valence-corrected chi connectivity index (χ4v) is 3.79. The van der Waals surface area contributed by atoms with Gasteiger partial charge >= 0.3 is 0 Å². The van der Waals surface area contributed by atoms with Gasteiger partial charge in [-0.1, -0.05) is 12.1 Å². The molecule has 4 rings (SSSR count). The molecular weight excluding hydrogens is 370 g/mol. The molecule has 0 radical (unpaired) electrons. The summed E-state index contributed by atoms with van der Waals surface area (Å²) in [6.45, 7) is 4.91. The number of amides is 3. The number of aromatic nitrogens is 2. The molecule has 3 heterocycles. The van der Waals surface area contributed by atoms with Crippen LogP contribution < -0.4 is 4.90 Å². The van der Waals surface area contributed by atoms with Crippen LogP contribution in [0.25, 0.3) is 0 Å². The molecule has 2 aliphatic rings. The number of hydrogen-bond acceptors (Lipinski definition) is 6. The first-order valence-electron chi connectivity index (χ1n) is 9.81. The third-order valence-electron chi connectivity index (χ3n) is 5.40. The molecule has 0 N–H and O–H groups in total. The molecule has 3 amide bonds. The van der Waals surface area contributed by atoms with Crippen molar-refractivity contribution in [2.45, 2.75) is 19.8 Å². The Morgan fingerprint density at radius 3 is 2.28 bits per heavy atom. The van der Waals surface area contributed by atoms with Crippen LogP contribution in [0.15, 0.2) is 36.7 Å². The number of piperazine rings is 1. The summed E-state index contributed by atoms with van der Waals surface area (Å²) in [6.07, 6.45) is 2.34. The summed E-state index contributed by atoms with van der Waals surface area (Å²) >= 11 is 0. The largest absolute Gasteiger partial charge is 0.353 e. The van der Waals surface area contributed by atoms with E-state index in [1.165, 1.54) is 4.90 Å². The SMILES string of the molecule is Cc1cc(N2CCN(C(=O)CCCN3C(=O)c4ccccc4C3=O)CC2)ncn1. The number of carbonyl (C=O) groups is 3. The number of hydrogen-bond donors (Lipinski definition) is 0. The molecule has 2 aliphatic heterocycles. The zero-order chi connectivity index (χ0) is 20.4. The molecule has 150 valence electrons. The highest BCUT2D eigenvalue weighted by Crippen LogP contribution is 2.23. The Morgan fingerprint density at radius 2 is 1.66 bits per heavy atom. The molecule has 8 heteroatoms. The van der Waals surface area contributed by atoms with Gasteiger partial charge in [0.15, 0.2) is 0 Å². The monoisotopic (exact) mass is 393 g/mol. The number of rotatable bonds is 5. The van der Waals surface area contributed by atoms with Crippen LogP contribution in [0.1, 0.15) is 39.3 Å². The van der Waals surface area contributed by atoms with E-state index in [4.69, 9.17) is 0 Å². The van der Waals surface area contributed by atoms with Gasteiger partial charge in [-0.25, -0.2) is 9.97 Å². The van der Waals surface area contributed by atoms with E-state index in [9.17, 15) is 14.4 Å².